The molecule has 2 aromatic carbocycles. The molecule has 5 aromatic rings. The second-order valence-electron chi connectivity index (χ2n) is 8.93. The molecule has 42 heavy (non-hydrogen) atoms. The highest BCUT2D eigenvalue weighted by Crippen LogP contribution is 2.31. The number of benzene rings is 2. The van der Waals surface area contributed by atoms with Gasteiger partial charge >= 0.3 is 6.18 Å². The number of carbonyl (C=O) groups is 2. The van der Waals surface area contributed by atoms with Gasteiger partial charge in [-0.1, -0.05) is 35.3 Å². The summed E-state index contributed by atoms with van der Waals surface area (Å²) in [5, 5.41) is 19.5. The Hall–Kier alpha value is -4.82. The van der Waals surface area contributed by atoms with Crippen LogP contribution in [0.2, 0.25) is 10.0 Å². The van der Waals surface area contributed by atoms with E-state index in [2.05, 4.69) is 30.8 Å². The number of pyridine rings is 1. The molecule has 5 rings (SSSR count). The fraction of sp³-hybridized carbons (Fsp3) is 0.115. The van der Waals surface area contributed by atoms with Gasteiger partial charge in [0.05, 0.1) is 27.5 Å². The predicted octanol–water partition coefficient (Wildman–Crippen LogP) is 4.95. The number of tetrazole rings is 1. The number of nitrogens with two attached hydrogens (primary N) is 1. The summed E-state index contributed by atoms with van der Waals surface area (Å²) in [5.74, 6) is -1.38. The van der Waals surface area contributed by atoms with Gasteiger partial charge in [0, 0.05) is 16.8 Å². The summed E-state index contributed by atoms with van der Waals surface area (Å²) in [6.07, 6.45) is -3.08. The number of anilines is 1. The van der Waals surface area contributed by atoms with Gasteiger partial charge in [0.2, 0.25) is 5.82 Å². The molecule has 0 aliphatic heterocycles. The molecule has 16 heteroatoms. The zero-order chi connectivity index (χ0) is 30.2. The maximum Gasteiger partial charge on any atom is 0.416 e. The summed E-state index contributed by atoms with van der Waals surface area (Å²) >= 11 is 12.4. The van der Waals surface area contributed by atoms with Crippen molar-refractivity contribution >= 4 is 40.7 Å². The summed E-state index contributed by atoms with van der Waals surface area (Å²) in [6.45, 7) is 1.53. The van der Waals surface area contributed by atoms with Crippen molar-refractivity contribution in [2.45, 2.75) is 19.6 Å². The number of rotatable bonds is 7. The highest BCUT2D eigenvalue weighted by Gasteiger charge is 2.31. The fourth-order valence-corrected chi connectivity index (χ4v) is 4.52. The summed E-state index contributed by atoms with van der Waals surface area (Å²) in [5.41, 5.74) is 5.65. The molecule has 3 aromatic heterocycles. The second kappa shape index (κ2) is 11.2. The molecule has 2 amide bonds. The highest BCUT2D eigenvalue weighted by atomic mass is 35.5. The van der Waals surface area contributed by atoms with Crippen molar-refractivity contribution in [3.8, 4) is 17.2 Å². The van der Waals surface area contributed by atoms with Crippen LogP contribution < -0.4 is 11.1 Å². The number of hydrogen-bond donors (Lipinski definition) is 2. The molecule has 3 N–H and O–H groups in total. The first-order valence-corrected chi connectivity index (χ1v) is 12.7. The van der Waals surface area contributed by atoms with Crippen LogP contribution in [0.4, 0.5) is 18.9 Å². The number of nitrogens with zero attached hydrogens (tertiary/aromatic N) is 7. The minimum Gasteiger partial charge on any atom is -0.366 e. The van der Waals surface area contributed by atoms with Crippen LogP contribution in [-0.4, -0.2) is 46.8 Å². The lowest BCUT2D eigenvalue weighted by Crippen LogP contribution is -2.21. The van der Waals surface area contributed by atoms with Gasteiger partial charge in [0.25, 0.3) is 11.8 Å². The molecule has 0 atom stereocenters. The Bertz CT molecular complexity index is 1840. The van der Waals surface area contributed by atoms with Crippen molar-refractivity contribution in [2.75, 3.05) is 5.32 Å². The molecule has 0 saturated heterocycles. The minimum atomic E-state index is -4.54. The summed E-state index contributed by atoms with van der Waals surface area (Å²) < 4.78 is 40.6. The standard InChI is InChI=1S/C26H18Cl2F3N9O2/c1-13-8-16(27)10-18(22(32)41)21(13)34-25(42)20-11-17(36-40(20)24-19(28)6-3-7-33-24)12-39-37-23(35-38-39)14-4-2-5-15(9-14)26(29,30)31/h2-11H,12H2,1H3,(H2,32,41)(H,34,42). The normalized spacial score (nSPS) is 11.5. The van der Waals surface area contributed by atoms with Crippen LogP contribution >= 0.6 is 23.2 Å². The second-order valence-corrected chi connectivity index (χ2v) is 9.77. The van der Waals surface area contributed by atoms with E-state index in [1.807, 2.05) is 0 Å². The first-order chi connectivity index (χ1) is 19.9. The van der Waals surface area contributed by atoms with Crippen LogP contribution in [0.1, 0.15) is 37.7 Å². The van der Waals surface area contributed by atoms with Crippen molar-refractivity contribution in [1.82, 2.24) is 35.0 Å². The highest BCUT2D eigenvalue weighted by molar-refractivity contribution is 6.32. The van der Waals surface area contributed by atoms with Gasteiger partial charge < -0.3 is 11.1 Å². The quantitative estimate of drug-likeness (QED) is 0.263. The molecule has 3 heterocycles. The third-order valence-corrected chi connectivity index (χ3v) is 6.45. The third kappa shape index (κ3) is 5.94. The lowest BCUT2D eigenvalue weighted by molar-refractivity contribution is -0.137. The smallest absolute Gasteiger partial charge is 0.366 e. The van der Waals surface area contributed by atoms with Crippen molar-refractivity contribution < 1.29 is 22.8 Å². The molecule has 0 aliphatic carbocycles. The van der Waals surface area contributed by atoms with Gasteiger partial charge in [0.1, 0.15) is 12.2 Å². The van der Waals surface area contributed by atoms with Gasteiger partial charge in [-0.15, -0.1) is 10.2 Å². The molecular weight excluding hydrogens is 598 g/mol. The van der Waals surface area contributed by atoms with Crippen LogP contribution in [0.3, 0.4) is 0 Å². The van der Waals surface area contributed by atoms with E-state index in [-0.39, 0.29) is 56.4 Å². The number of hydrogen-bond acceptors (Lipinski definition) is 7. The van der Waals surface area contributed by atoms with Gasteiger partial charge in [0.15, 0.2) is 5.82 Å². The number of alkyl halides is 3. The molecule has 0 unspecified atom stereocenters. The molecule has 11 nitrogen and oxygen atoms in total. The molecule has 214 valence electrons. The number of nitrogens with one attached hydrogen (secondary N) is 1. The lowest BCUT2D eigenvalue weighted by Gasteiger charge is -2.13. The topological polar surface area (TPSA) is 146 Å². The number of aryl methyl sites for hydroxylation is 1. The molecule has 0 spiro atoms. The van der Waals surface area contributed by atoms with Gasteiger partial charge in [-0.3, -0.25) is 9.59 Å². The van der Waals surface area contributed by atoms with Gasteiger partial charge in [-0.2, -0.15) is 23.1 Å². The molecule has 0 aliphatic rings. The van der Waals surface area contributed by atoms with E-state index < -0.39 is 23.6 Å². The molecular formula is C26H18Cl2F3N9O2. The number of primary amides is 1. The molecule has 0 radical (unpaired) electrons. The van der Waals surface area contributed by atoms with Gasteiger partial charge in [-0.05, 0) is 60.2 Å². The Morgan fingerprint density at radius 3 is 2.55 bits per heavy atom. The summed E-state index contributed by atoms with van der Waals surface area (Å²) in [4.78, 5) is 30.9. The number of halogens is 5. The fourth-order valence-electron chi connectivity index (χ4n) is 4.05. The zero-order valence-corrected chi connectivity index (χ0v) is 22.9. The zero-order valence-electron chi connectivity index (χ0n) is 21.4. The SMILES string of the molecule is Cc1cc(Cl)cc(C(N)=O)c1NC(=O)c1cc(Cn2nnc(-c3cccc(C(F)(F)F)c3)n2)nn1-c1ncccc1Cl. The Kier molecular flexibility index (Phi) is 7.67. The third-order valence-electron chi connectivity index (χ3n) is 5.94. The van der Waals surface area contributed by atoms with E-state index in [0.717, 1.165) is 16.9 Å². The maximum atomic E-state index is 13.5. The van der Waals surface area contributed by atoms with Crippen LogP contribution in [-0.2, 0) is 12.7 Å². The number of amides is 2. The average Bonchev–Trinajstić information content (AvgIpc) is 3.57. The van der Waals surface area contributed by atoms with E-state index in [9.17, 15) is 22.8 Å². The lowest BCUT2D eigenvalue weighted by atomic mass is 10.1. The van der Waals surface area contributed by atoms with Crippen molar-refractivity contribution in [1.29, 1.82) is 0 Å². The van der Waals surface area contributed by atoms with Crippen LogP contribution in [0.25, 0.3) is 17.2 Å². The Labute approximate surface area is 245 Å². The summed E-state index contributed by atoms with van der Waals surface area (Å²) in [7, 11) is 0. The molecule has 0 saturated carbocycles. The van der Waals surface area contributed by atoms with E-state index >= 15 is 0 Å². The monoisotopic (exact) mass is 615 g/mol. The predicted molar refractivity (Wildman–Crippen MR) is 146 cm³/mol. The summed E-state index contributed by atoms with van der Waals surface area (Å²) in [6, 6.07) is 12.0. The van der Waals surface area contributed by atoms with E-state index in [4.69, 9.17) is 28.9 Å². The van der Waals surface area contributed by atoms with Gasteiger partial charge in [-0.25, -0.2) is 9.67 Å². The van der Waals surface area contributed by atoms with Crippen molar-refractivity contribution in [2.24, 2.45) is 5.73 Å². The Morgan fingerprint density at radius 2 is 1.83 bits per heavy atom. The Morgan fingerprint density at radius 1 is 1.05 bits per heavy atom. The Balaban J connectivity index is 1.49. The van der Waals surface area contributed by atoms with E-state index in [1.54, 1.807) is 25.1 Å². The minimum absolute atomic E-state index is 0.00412. The van der Waals surface area contributed by atoms with E-state index in [0.29, 0.717) is 5.56 Å². The van der Waals surface area contributed by atoms with E-state index in [1.165, 1.54) is 35.1 Å². The molecule has 0 fully saturated rings. The van der Waals surface area contributed by atoms with Crippen LogP contribution in [0.15, 0.2) is 60.8 Å². The number of carbonyl (C=O) groups excluding carboxylic acids is 2. The van der Waals surface area contributed by atoms with Crippen molar-refractivity contribution in [3.63, 3.8) is 0 Å². The average molecular weight is 616 g/mol. The van der Waals surface area contributed by atoms with Crippen LogP contribution in [0, 0.1) is 6.92 Å². The molecule has 0 bridgehead atoms. The number of aromatic nitrogens is 7. The van der Waals surface area contributed by atoms with Crippen molar-refractivity contribution in [3.05, 3.63) is 98.9 Å². The first kappa shape index (κ1) is 28.7. The maximum absolute atomic E-state index is 13.5. The first-order valence-electron chi connectivity index (χ1n) is 12.0. The largest absolute Gasteiger partial charge is 0.416 e. The van der Waals surface area contributed by atoms with Crippen LogP contribution in [0.5, 0.6) is 0 Å².